The van der Waals surface area contributed by atoms with Crippen LogP contribution in [0, 0.1) is 0 Å². The van der Waals surface area contributed by atoms with Crippen molar-refractivity contribution in [2.45, 2.75) is 38.0 Å². The van der Waals surface area contributed by atoms with Gasteiger partial charge in [0.2, 0.25) is 0 Å². The molecular weight excluding hydrogens is 368 g/mol. The monoisotopic (exact) mass is 400 g/mol. The van der Waals surface area contributed by atoms with Crippen LogP contribution < -0.4 is 0 Å². The lowest BCUT2D eigenvalue weighted by atomic mass is 9.95. The number of likely N-dealkylation sites (tertiary alicyclic amines) is 1. The van der Waals surface area contributed by atoms with Crippen LogP contribution in [-0.2, 0) is 13.1 Å². The third kappa shape index (κ3) is 4.65. The number of aliphatic hydroxyl groups is 1. The van der Waals surface area contributed by atoms with Gasteiger partial charge in [-0.15, -0.1) is 0 Å². The molecule has 0 amide bonds. The van der Waals surface area contributed by atoms with Crippen molar-refractivity contribution >= 4 is 0 Å². The Bertz CT molecular complexity index is 858. The van der Waals surface area contributed by atoms with Gasteiger partial charge in [-0.1, -0.05) is 91.0 Å². The second-order valence-corrected chi connectivity index (χ2v) is 8.52. The molecule has 156 valence electrons. The van der Waals surface area contributed by atoms with Crippen molar-refractivity contribution in [2.75, 3.05) is 19.7 Å². The van der Waals surface area contributed by atoms with Crippen LogP contribution in [0.3, 0.4) is 0 Å². The minimum atomic E-state index is -0.241. The highest BCUT2D eigenvalue weighted by Gasteiger charge is 2.43. The molecule has 0 aliphatic carbocycles. The van der Waals surface area contributed by atoms with Gasteiger partial charge in [0, 0.05) is 32.2 Å². The topological polar surface area (TPSA) is 26.7 Å². The van der Waals surface area contributed by atoms with E-state index in [0.717, 1.165) is 32.6 Å². The van der Waals surface area contributed by atoms with Crippen molar-refractivity contribution < 1.29 is 5.11 Å². The van der Waals surface area contributed by atoms with E-state index >= 15 is 0 Å². The molecule has 3 nitrogen and oxygen atoms in total. The number of hydrogen-bond donors (Lipinski definition) is 1. The van der Waals surface area contributed by atoms with Crippen molar-refractivity contribution in [1.82, 2.24) is 9.80 Å². The van der Waals surface area contributed by atoms with Gasteiger partial charge in [0.1, 0.15) is 0 Å². The minimum absolute atomic E-state index is 0.171. The van der Waals surface area contributed by atoms with E-state index in [9.17, 15) is 5.11 Å². The third-order valence-corrected chi connectivity index (χ3v) is 6.59. The molecule has 0 unspecified atom stereocenters. The highest BCUT2D eigenvalue weighted by atomic mass is 16.3. The molecule has 1 aliphatic heterocycles. The van der Waals surface area contributed by atoms with Crippen molar-refractivity contribution in [3.05, 3.63) is 108 Å². The quantitative estimate of drug-likeness (QED) is 0.583. The van der Waals surface area contributed by atoms with Crippen LogP contribution in [-0.4, -0.2) is 40.1 Å². The fourth-order valence-corrected chi connectivity index (χ4v) is 4.65. The summed E-state index contributed by atoms with van der Waals surface area (Å²) in [6.07, 6.45) is 0.973. The molecule has 0 radical (unpaired) electrons. The van der Waals surface area contributed by atoms with Gasteiger partial charge in [0.25, 0.3) is 0 Å². The molecule has 1 fully saturated rings. The van der Waals surface area contributed by atoms with Crippen molar-refractivity contribution in [3.8, 4) is 0 Å². The largest absolute Gasteiger partial charge is 0.394 e. The Morgan fingerprint density at radius 1 is 0.833 bits per heavy atom. The molecule has 0 spiro atoms. The molecular formula is C27H32N2O. The molecule has 1 heterocycles. The van der Waals surface area contributed by atoms with Gasteiger partial charge in [0.15, 0.2) is 0 Å². The van der Waals surface area contributed by atoms with E-state index in [4.69, 9.17) is 0 Å². The zero-order valence-corrected chi connectivity index (χ0v) is 17.8. The molecule has 2 atom stereocenters. The predicted molar refractivity (Wildman–Crippen MR) is 123 cm³/mol. The summed E-state index contributed by atoms with van der Waals surface area (Å²) in [5.41, 5.74) is 3.67. The molecule has 3 heteroatoms. The normalized spacial score (nSPS) is 20.5. The van der Waals surface area contributed by atoms with E-state index < -0.39 is 0 Å². The first-order chi connectivity index (χ1) is 14.7. The summed E-state index contributed by atoms with van der Waals surface area (Å²) in [6.45, 7) is 6.00. The highest BCUT2D eigenvalue weighted by molar-refractivity contribution is 5.21. The summed E-state index contributed by atoms with van der Waals surface area (Å²) in [5.74, 6) is 0. The lowest BCUT2D eigenvalue weighted by molar-refractivity contribution is 0.0197. The zero-order chi connectivity index (χ0) is 20.8. The van der Waals surface area contributed by atoms with Crippen LogP contribution in [0.4, 0.5) is 0 Å². The number of aliphatic hydroxyl groups excluding tert-OH is 1. The van der Waals surface area contributed by atoms with Gasteiger partial charge in [-0.2, -0.15) is 0 Å². The number of rotatable bonds is 8. The van der Waals surface area contributed by atoms with Gasteiger partial charge in [-0.05, 0) is 30.0 Å². The summed E-state index contributed by atoms with van der Waals surface area (Å²) in [6, 6.07) is 32.3. The molecule has 0 aromatic heterocycles. The zero-order valence-electron chi connectivity index (χ0n) is 17.8. The Balaban J connectivity index is 1.58. The number of hydrogen-bond acceptors (Lipinski definition) is 3. The molecule has 3 aromatic rings. The lowest BCUT2D eigenvalue weighted by Gasteiger charge is -2.41. The summed E-state index contributed by atoms with van der Waals surface area (Å²) >= 11 is 0. The first-order valence-electron chi connectivity index (χ1n) is 10.9. The van der Waals surface area contributed by atoms with Crippen LogP contribution in [0.5, 0.6) is 0 Å². The SMILES string of the molecule is C[C@H](c1ccccc1)N1CC[C@](CO)(N(Cc2ccccc2)Cc2ccccc2)C1. The Morgan fingerprint density at radius 2 is 1.33 bits per heavy atom. The van der Waals surface area contributed by atoms with Crippen LogP contribution in [0.25, 0.3) is 0 Å². The summed E-state index contributed by atoms with van der Waals surface area (Å²) < 4.78 is 0. The molecule has 4 rings (SSSR count). The van der Waals surface area contributed by atoms with Gasteiger partial charge in [-0.25, -0.2) is 0 Å². The average Bonchev–Trinajstić information content (AvgIpc) is 3.26. The minimum Gasteiger partial charge on any atom is -0.394 e. The Hall–Kier alpha value is -2.46. The Labute approximate surface area is 180 Å². The van der Waals surface area contributed by atoms with Gasteiger partial charge in [-0.3, -0.25) is 9.80 Å². The van der Waals surface area contributed by atoms with Crippen LogP contribution in [0.1, 0.15) is 36.1 Å². The fraction of sp³-hybridized carbons (Fsp3) is 0.333. The van der Waals surface area contributed by atoms with Gasteiger partial charge < -0.3 is 5.11 Å². The Morgan fingerprint density at radius 3 is 1.83 bits per heavy atom. The molecule has 3 aromatic carbocycles. The van der Waals surface area contributed by atoms with Crippen molar-refractivity contribution in [1.29, 1.82) is 0 Å². The van der Waals surface area contributed by atoms with Crippen LogP contribution in [0.15, 0.2) is 91.0 Å². The van der Waals surface area contributed by atoms with E-state index in [2.05, 4.69) is 108 Å². The molecule has 30 heavy (non-hydrogen) atoms. The van der Waals surface area contributed by atoms with E-state index in [1.807, 2.05) is 0 Å². The molecule has 0 bridgehead atoms. The van der Waals surface area contributed by atoms with E-state index in [1.54, 1.807) is 0 Å². The standard InChI is InChI=1S/C27H32N2O/c1-23(26-15-9-4-10-16-26)28-18-17-27(21-28,22-30)29(19-24-11-5-2-6-12-24)20-25-13-7-3-8-14-25/h2-16,23,30H,17-22H2,1H3/t23-,27+/m1/s1. The van der Waals surface area contributed by atoms with Crippen molar-refractivity contribution in [3.63, 3.8) is 0 Å². The van der Waals surface area contributed by atoms with Gasteiger partial charge >= 0.3 is 0 Å². The molecule has 1 saturated heterocycles. The van der Waals surface area contributed by atoms with E-state index in [0.29, 0.717) is 6.04 Å². The second-order valence-electron chi connectivity index (χ2n) is 8.52. The maximum absolute atomic E-state index is 10.6. The van der Waals surface area contributed by atoms with E-state index in [-0.39, 0.29) is 12.1 Å². The van der Waals surface area contributed by atoms with Crippen molar-refractivity contribution in [2.24, 2.45) is 0 Å². The second kappa shape index (κ2) is 9.57. The van der Waals surface area contributed by atoms with Gasteiger partial charge in [0.05, 0.1) is 12.1 Å². The smallest absolute Gasteiger partial charge is 0.0628 e. The predicted octanol–water partition coefficient (Wildman–Crippen LogP) is 4.89. The number of benzene rings is 3. The maximum atomic E-state index is 10.6. The molecule has 1 aliphatic rings. The molecule has 1 N–H and O–H groups in total. The third-order valence-electron chi connectivity index (χ3n) is 6.59. The maximum Gasteiger partial charge on any atom is 0.0628 e. The lowest BCUT2D eigenvalue weighted by Crippen LogP contribution is -2.52. The first-order valence-corrected chi connectivity index (χ1v) is 10.9. The summed E-state index contributed by atoms with van der Waals surface area (Å²) in [7, 11) is 0. The number of nitrogens with zero attached hydrogens (tertiary/aromatic N) is 2. The summed E-state index contributed by atoms with van der Waals surface area (Å²) in [5, 5.41) is 10.6. The van der Waals surface area contributed by atoms with E-state index in [1.165, 1.54) is 16.7 Å². The molecule has 0 saturated carbocycles. The summed E-state index contributed by atoms with van der Waals surface area (Å²) in [4.78, 5) is 5.02. The van der Waals surface area contributed by atoms with Crippen LogP contribution in [0.2, 0.25) is 0 Å². The van der Waals surface area contributed by atoms with Crippen LogP contribution >= 0.6 is 0 Å². The average molecular weight is 401 g/mol. The highest BCUT2D eigenvalue weighted by Crippen LogP contribution is 2.35. The first kappa shape index (κ1) is 20.8. The Kier molecular flexibility index (Phi) is 6.63. The fourth-order valence-electron chi connectivity index (χ4n) is 4.65.